The number of amides is 1. The molecule has 2 aromatic rings. The number of halogens is 2. The molecule has 0 bridgehead atoms. The van der Waals surface area contributed by atoms with Gasteiger partial charge in [0.1, 0.15) is 11.6 Å². The number of hydrogen-bond donors (Lipinski definition) is 2. The van der Waals surface area contributed by atoms with Gasteiger partial charge in [0.15, 0.2) is 0 Å². The van der Waals surface area contributed by atoms with E-state index in [9.17, 15) is 18.7 Å². The predicted octanol–water partition coefficient (Wildman–Crippen LogP) is 2.85. The van der Waals surface area contributed by atoms with Gasteiger partial charge >= 0.3 is 0 Å². The average molecular weight is 317 g/mol. The van der Waals surface area contributed by atoms with Gasteiger partial charge in [-0.15, -0.1) is 0 Å². The third-order valence-electron chi connectivity index (χ3n) is 4.28. The number of nitrogens with one attached hydrogen (secondary N) is 1. The van der Waals surface area contributed by atoms with Crippen LogP contribution in [-0.2, 0) is 10.2 Å². The van der Waals surface area contributed by atoms with E-state index in [0.717, 1.165) is 0 Å². The molecule has 5 heteroatoms. The maximum Gasteiger partial charge on any atom is 0.230 e. The van der Waals surface area contributed by atoms with E-state index in [1.165, 1.54) is 30.3 Å². The monoisotopic (exact) mass is 317 g/mol. The van der Waals surface area contributed by atoms with E-state index in [2.05, 4.69) is 5.32 Å². The van der Waals surface area contributed by atoms with Crippen molar-refractivity contribution in [1.82, 2.24) is 5.32 Å². The topological polar surface area (TPSA) is 49.3 Å². The molecule has 1 aliphatic carbocycles. The number of rotatable bonds is 5. The zero-order chi connectivity index (χ0) is 16.4. The SMILES string of the molecule is O=C(NCC(O)c1ccccc1F)C1(c2cccc(F)c2)CC1. The number of benzene rings is 2. The highest BCUT2D eigenvalue weighted by Crippen LogP contribution is 2.48. The standard InChI is InChI=1S/C18H17F2NO2/c19-13-5-3-4-12(10-13)18(8-9-18)17(23)21-11-16(22)14-6-1-2-7-15(14)20/h1-7,10,16,22H,8-9,11H2,(H,21,23). The van der Waals surface area contributed by atoms with Gasteiger partial charge in [-0.3, -0.25) is 4.79 Å². The number of carbonyl (C=O) groups is 1. The Morgan fingerprint density at radius 1 is 1.17 bits per heavy atom. The fraction of sp³-hybridized carbons (Fsp3) is 0.278. The lowest BCUT2D eigenvalue weighted by Crippen LogP contribution is -2.37. The molecule has 2 N–H and O–H groups in total. The van der Waals surface area contributed by atoms with Gasteiger partial charge in [0.25, 0.3) is 0 Å². The Balaban J connectivity index is 1.67. The third-order valence-corrected chi connectivity index (χ3v) is 4.28. The molecule has 1 atom stereocenters. The van der Waals surface area contributed by atoms with Gasteiger partial charge in [-0.1, -0.05) is 30.3 Å². The van der Waals surface area contributed by atoms with E-state index in [1.807, 2.05) is 0 Å². The summed E-state index contributed by atoms with van der Waals surface area (Å²) in [7, 11) is 0. The Morgan fingerprint density at radius 2 is 1.91 bits per heavy atom. The first-order valence-electron chi connectivity index (χ1n) is 7.50. The van der Waals surface area contributed by atoms with E-state index in [4.69, 9.17) is 0 Å². The highest BCUT2D eigenvalue weighted by atomic mass is 19.1. The first-order chi connectivity index (χ1) is 11.0. The van der Waals surface area contributed by atoms with Gasteiger partial charge in [-0.25, -0.2) is 8.78 Å². The largest absolute Gasteiger partial charge is 0.386 e. The zero-order valence-corrected chi connectivity index (χ0v) is 12.4. The summed E-state index contributed by atoms with van der Waals surface area (Å²) >= 11 is 0. The summed E-state index contributed by atoms with van der Waals surface area (Å²) < 4.78 is 27.0. The number of aliphatic hydroxyl groups excluding tert-OH is 1. The summed E-state index contributed by atoms with van der Waals surface area (Å²) in [5.74, 6) is -1.16. The van der Waals surface area contributed by atoms with E-state index < -0.39 is 17.3 Å². The van der Waals surface area contributed by atoms with Crippen LogP contribution in [0.5, 0.6) is 0 Å². The Bertz CT molecular complexity index is 728. The van der Waals surface area contributed by atoms with Gasteiger partial charge in [0, 0.05) is 12.1 Å². The molecule has 3 nitrogen and oxygen atoms in total. The maximum absolute atomic E-state index is 13.6. The summed E-state index contributed by atoms with van der Waals surface area (Å²) in [6.07, 6.45) is 0.152. The van der Waals surface area contributed by atoms with Crippen LogP contribution in [0.25, 0.3) is 0 Å². The molecule has 1 unspecified atom stereocenters. The molecule has 1 aliphatic rings. The minimum Gasteiger partial charge on any atom is -0.386 e. The molecule has 0 aliphatic heterocycles. The van der Waals surface area contributed by atoms with Crippen molar-refractivity contribution in [2.75, 3.05) is 6.54 Å². The molecule has 0 aromatic heterocycles. The molecule has 0 saturated heterocycles. The molecule has 3 rings (SSSR count). The molecule has 23 heavy (non-hydrogen) atoms. The lowest BCUT2D eigenvalue weighted by Gasteiger charge is -2.18. The molecule has 0 heterocycles. The second-order valence-corrected chi connectivity index (χ2v) is 5.84. The zero-order valence-electron chi connectivity index (χ0n) is 12.4. The van der Waals surface area contributed by atoms with E-state index in [-0.39, 0.29) is 23.8 Å². The quantitative estimate of drug-likeness (QED) is 0.891. The average Bonchev–Trinajstić information content (AvgIpc) is 3.34. The van der Waals surface area contributed by atoms with E-state index in [1.54, 1.807) is 18.2 Å². The van der Waals surface area contributed by atoms with E-state index in [0.29, 0.717) is 18.4 Å². The van der Waals surface area contributed by atoms with Crippen molar-refractivity contribution < 1.29 is 18.7 Å². The van der Waals surface area contributed by atoms with Crippen LogP contribution in [0.15, 0.2) is 48.5 Å². The van der Waals surface area contributed by atoms with Crippen LogP contribution < -0.4 is 5.32 Å². The minimum absolute atomic E-state index is 0.0865. The molecular formula is C18H17F2NO2. The summed E-state index contributed by atoms with van der Waals surface area (Å²) in [5, 5.41) is 12.7. The van der Waals surface area contributed by atoms with Gasteiger partial charge in [0.05, 0.1) is 11.5 Å². The summed E-state index contributed by atoms with van der Waals surface area (Å²) in [6, 6.07) is 11.9. The van der Waals surface area contributed by atoms with Crippen molar-refractivity contribution in [1.29, 1.82) is 0 Å². The van der Waals surface area contributed by atoms with Gasteiger partial charge in [-0.2, -0.15) is 0 Å². The minimum atomic E-state index is -1.12. The van der Waals surface area contributed by atoms with Crippen LogP contribution in [0.1, 0.15) is 30.1 Å². The molecule has 1 fully saturated rings. The van der Waals surface area contributed by atoms with Crippen LogP contribution in [0.2, 0.25) is 0 Å². The molecule has 0 radical (unpaired) electrons. The van der Waals surface area contributed by atoms with Crippen molar-refractivity contribution in [3.05, 3.63) is 71.3 Å². The highest BCUT2D eigenvalue weighted by molar-refractivity contribution is 5.91. The molecular weight excluding hydrogens is 300 g/mol. The fourth-order valence-electron chi connectivity index (χ4n) is 2.77. The number of hydrogen-bond acceptors (Lipinski definition) is 2. The molecule has 2 aromatic carbocycles. The predicted molar refractivity (Wildman–Crippen MR) is 81.7 cm³/mol. The van der Waals surface area contributed by atoms with Crippen LogP contribution in [0.3, 0.4) is 0 Å². The van der Waals surface area contributed by atoms with Crippen LogP contribution >= 0.6 is 0 Å². The molecule has 120 valence electrons. The van der Waals surface area contributed by atoms with Crippen molar-refractivity contribution in [2.24, 2.45) is 0 Å². The van der Waals surface area contributed by atoms with Gasteiger partial charge < -0.3 is 10.4 Å². The Labute approximate surface area is 133 Å². The first kappa shape index (κ1) is 15.6. The lowest BCUT2D eigenvalue weighted by atomic mass is 9.94. The summed E-state index contributed by atoms with van der Waals surface area (Å²) in [5.41, 5.74) is 0.0515. The fourth-order valence-corrected chi connectivity index (χ4v) is 2.77. The second kappa shape index (κ2) is 6.08. The Morgan fingerprint density at radius 3 is 2.57 bits per heavy atom. The smallest absolute Gasteiger partial charge is 0.230 e. The van der Waals surface area contributed by atoms with Gasteiger partial charge in [0.2, 0.25) is 5.91 Å². The van der Waals surface area contributed by atoms with Crippen molar-refractivity contribution in [2.45, 2.75) is 24.4 Å². The Hall–Kier alpha value is -2.27. The van der Waals surface area contributed by atoms with Crippen molar-refractivity contribution >= 4 is 5.91 Å². The molecule has 1 amide bonds. The first-order valence-corrected chi connectivity index (χ1v) is 7.50. The Kier molecular flexibility index (Phi) is 4.13. The molecule has 0 spiro atoms. The van der Waals surface area contributed by atoms with Gasteiger partial charge in [-0.05, 0) is 36.6 Å². The van der Waals surface area contributed by atoms with Crippen LogP contribution in [0.4, 0.5) is 8.78 Å². The highest BCUT2D eigenvalue weighted by Gasteiger charge is 2.51. The summed E-state index contributed by atoms with van der Waals surface area (Å²) in [4.78, 5) is 12.4. The number of aliphatic hydroxyl groups is 1. The summed E-state index contributed by atoms with van der Waals surface area (Å²) in [6.45, 7) is -0.0865. The van der Waals surface area contributed by atoms with Crippen molar-refractivity contribution in [3.8, 4) is 0 Å². The van der Waals surface area contributed by atoms with E-state index >= 15 is 0 Å². The lowest BCUT2D eigenvalue weighted by molar-refractivity contribution is -0.124. The maximum atomic E-state index is 13.6. The third kappa shape index (κ3) is 3.10. The normalized spacial score (nSPS) is 16.7. The van der Waals surface area contributed by atoms with Crippen LogP contribution in [0, 0.1) is 11.6 Å². The van der Waals surface area contributed by atoms with Crippen LogP contribution in [-0.4, -0.2) is 17.6 Å². The number of carbonyl (C=O) groups excluding carboxylic acids is 1. The second-order valence-electron chi connectivity index (χ2n) is 5.84. The molecule has 1 saturated carbocycles. The van der Waals surface area contributed by atoms with Crippen molar-refractivity contribution in [3.63, 3.8) is 0 Å².